The molecular formula is C12H25NO3. The Balaban J connectivity index is 3.25. The summed E-state index contributed by atoms with van der Waals surface area (Å²) in [6.07, 6.45) is 1.03. The lowest BCUT2D eigenvalue weighted by Gasteiger charge is -2.17. The van der Waals surface area contributed by atoms with Crippen LogP contribution in [0.3, 0.4) is 0 Å². The second-order valence-corrected chi connectivity index (χ2v) is 4.73. The van der Waals surface area contributed by atoms with Crippen molar-refractivity contribution in [1.82, 2.24) is 5.32 Å². The van der Waals surface area contributed by atoms with Crippen LogP contribution in [-0.2, 0) is 14.3 Å². The second-order valence-electron chi connectivity index (χ2n) is 4.73. The van der Waals surface area contributed by atoms with Gasteiger partial charge >= 0.3 is 0 Å². The zero-order valence-corrected chi connectivity index (χ0v) is 11.0. The first-order valence-corrected chi connectivity index (χ1v) is 5.92. The molecular weight excluding hydrogens is 206 g/mol. The highest BCUT2D eigenvalue weighted by atomic mass is 16.5. The molecule has 0 heterocycles. The molecule has 0 aliphatic carbocycles. The Bertz CT molecular complexity index is 187. The molecule has 4 nitrogen and oxygen atoms in total. The molecule has 0 aromatic heterocycles. The van der Waals surface area contributed by atoms with Gasteiger partial charge in [-0.25, -0.2) is 0 Å². The average molecular weight is 231 g/mol. The van der Waals surface area contributed by atoms with E-state index >= 15 is 0 Å². The van der Waals surface area contributed by atoms with Gasteiger partial charge in [0.1, 0.15) is 0 Å². The fourth-order valence-electron chi connectivity index (χ4n) is 0.968. The van der Waals surface area contributed by atoms with Crippen molar-refractivity contribution in [2.24, 2.45) is 5.41 Å². The lowest BCUT2D eigenvalue weighted by molar-refractivity contribution is -0.128. The first kappa shape index (κ1) is 15.4. The van der Waals surface area contributed by atoms with Gasteiger partial charge in [0.25, 0.3) is 0 Å². The molecule has 0 aromatic rings. The topological polar surface area (TPSA) is 47.6 Å². The van der Waals surface area contributed by atoms with E-state index < -0.39 is 0 Å². The predicted octanol–water partition coefficient (Wildman–Crippen LogP) is 1.59. The maximum Gasteiger partial charge on any atom is 0.225 e. The van der Waals surface area contributed by atoms with Crippen LogP contribution in [0.4, 0.5) is 0 Å². The maximum atomic E-state index is 11.4. The zero-order chi connectivity index (χ0) is 12.4. The molecule has 1 amide bonds. The highest BCUT2D eigenvalue weighted by molar-refractivity contribution is 5.81. The van der Waals surface area contributed by atoms with Crippen LogP contribution in [-0.4, -0.2) is 38.9 Å². The van der Waals surface area contributed by atoms with Crippen molar-refractivity contribution in [2.75, 3.05) is 33.0 Å². The molecule has 1 N–H and O–H groups in total. The summed E-state index contributed by atoms with van der Waals surface area (Å²) in [4.78, 5) is 11.4. The van der Waals surface area contributed by atoms with Crippen LogP contribution in [0.15, 0.2) is 0 Å². The summed E-state index contributed by atoms with van der Waals surface area (Å²) in [5.74, 6) is 0.0540. The van der Waals surface area contributed by atoms with Gasteiger partial charge in [0, 0.05) is 18.6 Å². The van der Waals surface area contributed by atoms with Crippen LogP contribution in [0, 0.1) is 5.41 Å². The molecule has 0 atom stereocenters. The van der Waals surface area contributed by atoms with Crippen molar-refractivity contribution in [3.63, 3.8) is 0 Å². The molecule has 0 aliphatic heterocycles. The third-order valence-electron chi connectivity index (χ3n) is 1.93. The van der Waals surface area contributed by atoms with Crippen molar-refractivity contribution in [3.8, 4) is 0 Å². The molecule has 0 fully saturated rings. The van der Waals surface area contributed by atoms with Gasteiger partial charge < -0.3 is 14.8 Å². The standard InChI is InChI=1S/C12H25NO3/c1-5-7-15-9-10-16-8-6-13-11(14)12(2,3)4/h5-10H2,1-4H3,(H,13,14). The van der Waals surface area contributed by atoms with Gasteiger partial charge in [-0.1, -0.05) is 27.7 Å². The van der Waals surface area contributed by atoms with E-state index in [0.29, 0.717) is 26.4 Å². The van der Waals surface area contributed by atoms with Gasteiger partial charge in [0.2, 0.25) is 5.91 Å². The third kappa shape index (κ3) is 8.68. The van der Waals surface area contributed by atoms with Gasteiger partial charge in [-0.2, -0.15) is 0 Å². The van der Waals surface area contributed by atoms with E-state index in [1.54, 1.807) is 0 Å². The SMILES string of the molecule is CCCOCCOCCNC(=O)C(C)(C)C. The van der Waals surface area contributed by atoms with Crippen LogP contribution >= 0.6 is 0 Å². The summed E-state index contributed by atoms with van der Waals surface area (Å²) < 4.78 is 10.6. The second kappa shape index (κ2) is 8.53. The number of amides is 1. The summed E-state index contributed by atoms with van der Waals surface area (Å²) >= 11 is 0. The summed E-state index contributed by atoms with van der Waals surface area (Å²) in [7, 11) is 0. The van der Waals surface area contributed by atoms with Crippen molar-refractivity contribution in [1.29, 1.82) is 0 Å². The van der Waals surface area contributed by atoms with Gasteiger partial charge in [-0.05, 0) is 6.42 Å². The number of carbonyl (C=O) groups excluding carboxylic acids is 1. The molecule has 0 saturated heterocycles. The van der Waals surface area contributed by atoms with Crippen molar-refractivity contribution in [3.05, 3.63) is 0 Å². The fraction of sp³-hybridized carbons (Fsp3) is 0.917. The lowest BCUT2D eigenvalue weighted by Crippen LogP contribution is -2.36. The molecule has 4 heteroatoms. The van der Waals surface area contributed by atoms with Crippen LogP contribution < -0.4 is 5.32 Å². The Kier molecular flexibility index (Phi) is 8.21. The minimum Gasteiger partial charge on any atom is -0.379 e. The number of hydrogen-bond acceptors (Lipinski definition) is 3. The van der Waals surface area contributed by atoms with Crippen molar-refractivity contribution >= 4 is 5.91 Å². The van der Waals surface area contributed by atoms with E-state index in [9.17, 15) is 4.79 Å². The van der Waals surface area contributed by atoms with E-state index in [4.69, 9.17) is 9.47 Å². The summed E-state index contributed by atoms with van der Waals surface area (Å²) in [5.41, 5.74) is -0.329. The molecule has 0 radical (unpaired) electrons. The molecule has 0 rings (SSSR count). The van der Waals surface area contributed by atoms with Gasteiger partial charge in [0.15, 0.2) is 0 Å². The van der Waals surface area contributed by atoms with Crippen LogP contribution in [0.25, 0.3) is 0 Å². The van der Waals surface area contributed by atoms with Crippen LogP contribution in [0.5, 0.6) is 0 Å². The molecule has 96 valence electrons. The first-order chi connectivity index (χ1) is 7.48. The van der Waals surface area contributed by atoms with E-state index in [1.165, 1.54) is 0 Å². The minimum absolute atomic E-state index is 0.0540. The monoisotopic (exact) mass is 231 g/mol. The fourth-order valence-corrected chi connectivity index (χ4v) is 0.968. The summed E-state index contributed by atoms with van der Waals surface area (Å²) in [5, 5.41) is 2.82. The molecule has 0 spiro atoms. The number of hydrogen-bond donors (Lipinski definition) is 1. The maximum absolute atomic E-state index is 11.4. The highest BCUT2D eigenvalue weighted by Gasteiger charge is 2.19. The lowest BCUT2D eigenvalue weighted by atomic mass is 9.96. The number of rotatable bonds is 8. The van der Waals surface area contributed by atoms with E-state index in [2.05, 4.69) is 12.2 Å². The summed E-state index contributed by atoms with van der Waals surface area (Å²) in [6, 6.07) is 0. The Hall–Kier alpha value is -0.610. The molecule has 0 aliphatic rings. The van der Waals surface area contributed by atoms with Crippen LogP contribution in [0.2, 0.25) is 0 Å². The molecule has 0 unspecified atom stereocenters. The number of ether oxygens (including phenoxy) is 2. The Morgan fingerprint density at radius 3 is 2.12 bits per heavy atom. The quantitative estimate of drug-likeness (QED) is 0.645. The largest absolute Gasteiger partial charge is 0.379 e. The smallest absolute Gasteiger partial charge is 0.225 e. The molecule has 0 aromatic carbocycles. The Morgan fingerprint density at radius 2 is 1.62 bits per heavy atom. The molecule has 16 heavy (non-hydrogen) atoms. The van der Waals surface area contributed by atoms with Gasteiger partial charge in [0.05, 0.1) is 19.8 Å². The van der Waals surface area contributed by atoms with Crippen LogP contribution in [0.1, 0.15) is 34.1 Å². The summed E-state index contributed by atoms with van der Waals surface area (Å²) in [6.45, 7) is 10.8. The minimum atomic E-state index is -0.329. The van der Waals surface area contributed by atoms with E-state index in [0.717, 1.165) is 13.0 Å². The number of nitrogens with one attached hydrogen (secondary N) is 1. The Labute approximate surface area is 98.7 Å². The normalized spacial score (nSPS) is 11.5. The van der Waals surface area contributed by atoms with Gasteiger partial charge in [-0.3, -0.25) is 4.79 Å². The zero-order valence-electron chi connectivity index (χ0n) is 11.0. The van der Waals surface area contributed by atoms with Gasteiger partial charge in [-0.15, -0.1) is 0 Å². The van der Waals surface area contributed by atoms with E-state index in [-0.39, 0.29) is 11.3 Å². The molecule has 0 bridgehead atoms. The van der Waals surface area contributed by atoms with Crippen molar-refractivity contribution < 1.29 is 14.3 Å². The first-order valence-electron chi connectivity index (χ1n) is 5.92. The third-order valence-corrected chi connectivity index (χ3v) is 1.93. The van der Waals surface area contributed by atoms with Crippen molar-refractivity contribution in [2.45, 2.75) is 34.1 Å². The predicted molar refractivity (Wildman–Crippen MR) is 64.4 cm³/mol. The Morgan fingerprint density at radius 1 is 1.06 bits per heavy atom. The highest BCUT2D eigenvalue weighted by Crippen LogP contribution is 2.11. The molecule has 0 saturated carbocycles. The number of carbonyl (C=O) groups is 1. The average Bonchev–Trinajstić information content (AvgIpc) is 2.20. The van der Waals surface area contributed by atoms with E-state index in [1.807, 2.05) is 20.8 Å².